The van der Waals surface area contributed by atoms with Crippen LogP contribution in [0.1, 0.15) is 6.92 Å². The fraction of sp³-hybridized carbons (Fsp3) is 1.00. The topological polar surface area (TPSA) is 158 Å². The molecular weight excluding hydrogens is 316 g/mol. The number of aliphatic hydroxyl groups excluding tert-OH is 6. The minimum Gasteiger partial charge on any atom is -0.394 e. The van der Waals surface area contributed by atoms with Gasteiger partial charge in [-0.15, -0.1) is 0 Å². The van der Waals surface area contributed by atoms with E-state index in [1.807, 2.05) is 0 Å². The van der Waals surface area contributed by atoms with Crippen LogP contribution in [-0.4, -0.2) is 106 Å². The first-order valence-electron chi connectivity index (χ1n) is 7.32. The van der Waals surface area contributed by atoms with E-state index >= 15 is 0 Å². The molecule has 10 heteroatoms. The van der Waals surface area contributed by atoms with Crippen LogP contribution in [0.4, 0.5) is 0 Å². The fourth-order valence-corrected chi connectivity index (χ4v) is 2.78. The number of hydrogen-bond donors (Lipinski definition) is 6. The summed E-state index contributed by atoms with van der Waals surface area (Å²) < 4.78 is 20.6. The predicted octanol–water partition coefficient (Wildman–Crippen LogP) is -3.72. The highest BCUT2D eigenvalue weighted by Crippen LogP contribution is 2.28. The first kappa shape index (κ1) is 18.9. The molecular formula is C13H24O10. The zero-order valence-electron chi connectivity index (χ0n) is 12.8. The molecule has 0 aromatic heterocycles. The molecule has 2 heterocycles. The molecule has 10 nitrogen and oxygen atoms in total. The highest BCUT2D eigenvalue weighted by atomic mass is 16.7. The van der Waals surface area contributed by atoms with Crippen molar-refractivity contribution in [3.63, 3.8) is 0 Å². The van der Waals surface area contributed by atoms with Crippen molar-refractivity contribution in [2.45, 2.75) is 68.3 Å². The van der Waals surface area contributed by atoms with Gasteiger partial charge in [0.15, 0.2) is 12.6 Å². The lowest BCUT2D eigenvalue weighted by molar-refractivity contribution is -0.360. The first-order chi connectivity index (χ1) is 10.8. The van der Waals surface area contributed by atoms with Gasteiger partial charge in [-0.2, -0.15) is 0 Å². The Morgan fingerprint density at radius 3 is 2.04 bits per heavy atom. The van der Waals surface area contributed by atoms with Crippen LogP contribution in [0.25, 0.3) is 0 Å². The Kier molecular flexibility index (Phi) is 6.30. The molecule has 0 amide bonds. The van der Waals surface area contributed by atoms with Gasteiger partial charge in [0.25, 0.3) is 0 Å². The van der Waals surface area contributed by atoms with Crippen LogP contribution < -0.4 is 0 Å². The van der Waals surface area contributed by atoms with E-state index in [1.165, 1.54) is 14.0 Å². The summed E-state index contributed by atoms with van der Waals surface area (Å²) in [6, 6.07) is 0. The van der Waals surface area contributed by atoms with E-state index in [4.69, 9.17) is 18.9 Å². The summed E-state index contributed by atoms with van der Waals surface area (Å²) in [5, 5.41) is 59.0. The van der Waals surface area contributed by atoms with Gasteiger partial charge in [0, 0.05) is 7.11 Å². The van der Waals surface area contributed by atoms with Gasteiger partial charge in [-0.3, -0.25) is 0 Å². The second kappa shape index (κ2) is 7.66. The van der Waals surface area contributed by atoms with Crippen molar-refractivity contribution in [3.8, 4) is 0 Å². The van der Waals surface area contributed by atoms with Gasteiger partial charge >= 0.3 is 0 Å². The zero-order valence-corrected chi connectivity index (χ0v) is 12.8. The van der Waals surface area contributed by atoms with Gasteiger partial charge < -0.3 is 49.6 Å². The summed E-state index contributed by atoms with van der Waals surface area (Å²) in [4.78, 5) is 0. The normalized spacial score (nSPS) is 51.7. The maximum absolute atomic E-state index is 10.0. The van der Waals surface area contributed by atoms with Crippen molar-refractivity contribution >= 4 is 0 Å². The second-order valence-electron chi connectivity index (χ2n) is 5.72. The molecule has 4 unspecified atom stereocenters. The second-order valence-corrected chi connectivity index (χ2v) is 5.72. The highest BCUT2D eigenvalue weighted by Gasteiger charge is 2.49. The van der Waals surface area contributed by atoms with E-state index in [2.05, 4.69) is 0 Å². The Morgan fingerprint density at radius 2 is 1.48 bits per heavy atom. The van der Waals surface area contributed by atoms with Crippen LogP contribution in [0.2, 0.25) is 0 Å². The van der Waals surface area contributed by atoms with Crippen LogP contribution in [0, 0.1) is 0 Å². The van der Waals surface area contributed by atoms with E-state index < -0.39 is 68.0 Å². The SMILES string of the molecule is CO[C@@H]1C(CO)O[C@@H](O[C@H]2C(O)C(O)[C@H](C)O[C@H]2O)C(O)[C@H]1O. The number of rotatable bonds is 4. The number of methoxy groups -OCH3 is 1. The summed E-state index contributed by atoms with van der Waals surface area (Å²) in [5.74, 6) is 0. The average molecular weight is 340 g/mol. The molecule has 0 aliphatic carbocycles. The Balaban J connectivity index is 2.09. The van der Waals surface area contributed by atoms with E-state index in [9.17, 15) is 30.6 Å². The van der Waals surface area contributed by atoms with E-state index in [0.717, 1.165) is 0 Å². The molecule has 0 aromatic rings. The summed E-state index contributed by atoms with van der Waals surface area (Å²) in [6.07, 6.45) is -13.0. The molecule has 23 heavy (non-hydrogen) atoms. The molecule has 136 valence electrons. The van der Waals surface area contributed by atoms with E-state index in [0.29, 0.717) is 0 Å². The summed E-state index contributed by atoms with van der Waals surface area (Å²) >= 11 is 0. The Morgan fingerprint density at radius 1 is 0.870 bits per heavy atom. The molecule has 0 saturated carbocycles. The third-order valence-electron chi connectivity index (χ3n) is 4.19. The first-order valence-corrected chi connectivity index (χ1v) is 7.32. The molecule has 0 aromatic carbocycles. The molecule has 2 fully saturated rings. The van der Waals surface area contributed by atoms with Crippen molar-refractivity contribution in [3.05, 3.63) is 0 Å². The molecule has 2 rings (SSSR count). The maximum Gasteiger partial charge on any atom is 0.187 e. The van der Waals surface area contributed by atoms with Crippen LogP contribution in [0.5, 0.6) is 0 Å². The molecule has 10 atom stereocenters. The van der Waals surface area contributed by atoms with Crippen molar-refractivity contribution in [1.82, 2.24) is 0 Å². The minimum atomic E-state index is -1.57. The molecule has 2 aliphatic rings. The highest BCUT2D eigenvalue weighted by molar-refractivity contribution is 4.93. The number of hydrogen-bond acceptors (Lipinski definition) is 10. The Bertz CT molecular complexity index is 380. The quantitative estimate of drug-likeness (QED) is 0.300. The van der Waals surface area contributed by atoms with Crippen molar-refractivity contribution in [2.24, 2.45) is 0 Å². The lowest BCUT2D eigenvalue weighted by atomic mass is 9.97. The third kappa shape index (κ3) is 3.66. The zero-order chi connectivity index (χ0) is 17.3. The summed E-state index contributed by atoms with van der Waals surface area (Å²) in [5.41, 5.74) is 0. The molecule has 6 N–H and O–H groups in total. The van der Waals surface area contributed by atoms with Gasteiger partial charge in [-0.25, -0.2) is 0 Å². The molecule has 2 aliphatic heterocycles. The standard InChI is InChI=1S/C13H24O10/c1-4-6(15)7(16)11(12(19)21-4)23-13-9(18)8(17)10(20-2)5(3-14)22-13/h4-19H,3H2,1-2H3/t4-,5?,6?,7?,8+,9?,10+,11-,12+,13-/m0/s1. The number of aliphatic hydroxyl groups is 6. The fourth-order valence-electron chi connectivity index (χ4n) is 2.78. The van der Waals surface area contributed by atoms with Crippen LogP contribution in [-0.2, 0) is 18.9 Å². The van der Waals surface area contributed by atoms with Crippen molar-refractivity contribution < 1.29 is 49.6 Å². The largest absolute Gasteiger partial charge is 0.394 e. The van der Waals surface area contributed by atoms with E-state index in [-0.39, 0.29) is 0 Å². The molecule has 0 bridgehead atoms. The van der Waals surface area contributed by atoms with E-state index in [1.54, 1.807) is 0 Å². The minimum absolute atomic E-state index is 0.506. The Hall–Kier alpha value is -0.400. The Labute approximate surface area is 132 Å². The van der Waals surface area contributed by atoms with Crippen LogP contribution in [0.3, 0.4) is 0 Å². The smallest absolute Gasteiger partial charge is 0.187 e. The lowest BCUT2D eigenvalue weighted by Crippen LogP contribution is -2.64. The van der Waals surface area contributed by atoms with Gasteiger partial charge in [-0.1, -0.05) is 0 Å². The van der Waals surface area contributed by atoms with Crippen molar-refractivity contribution in [1.29, 1.82) is 0 Å². The van der Waals surface area contributed by atoms with Gasteiger partial charge in [0.1, 0.15) is 42.7 Å². The monoisotopic (exact) mass is 340 g/mol. The summed E-state index contributed by atoms with van der Waals surface area (Å²) in [6.45, 7) is 0.960. The number of ether oxygens (including phenoxy) is 4. The van der Waals surface area contributed by atoms with Gasteiger partial charge in [-0.05, 0) is 6.92 Å². The van der Waals surface area contributed by atoms with Gasteiger partial charge in [0.2, 0.25) is 0 Å². The third-order valence-corrected chi connectivity index (χ3v) is 4.19. The summed E-state index contributed by atoms with van der Waals surface area (Å²) in [7, 11) is 1.29. The molecule has 2 saturated heterocycles. The lowest BCUT2D eigenvalue weighted by Gasteiger charge is -2.45. The van der Waals surface area contributed by atoms with Crippen LogP contribution in [0.15, 0.2) is 0 Å². The predicted molar refractivity (Wildman–Crippen MR) is 72.0 cm³/mol. The molecule has 0 spiro atoms. The average Bonchev–Trinajstić information content (AvgIpc) is 2.53. The molecule has 0 radical (unpaired) electrons. The van der Waals surface area contributed by atoms with Crippen LogP contribution >= 0.6 is 0 Å². The van der Waals surface area contributed by atoms with Gasteiger partial charge in [0.05, 0.1) is 12.7 Å². The maximum atomic E-state index is 10.0. The van der Waals surface area contributed by atoms with Crippen molar-refractivity contribution in [2.75, 3.05) is 13.7 Å².